The predicted molar refractivity (Wildman–Crippen MR) is 68.5 cm³/mol. The van der Waals surface area contributed by atoms with Crippen LogP contribution in [0.15, 0.2) is 0 Å². The van der Waals surface area contributed by atoms with E-state index in [1.54, 1.807) is 4.90 Å². The molecule has 1 aliphatic rings. The summed E-state index contributed by atoms with van der Waals surface area (Å²) in [5.74, 6) is -0.378. The van der Waals surface area contributed by atoms with Crippen LogP contribution in [0.3, 0.4) is 0 Å². The number of amides is 2. The van der Waals surface area contributed by atoms with Gasteiger partial charge in [0.05, 0.1) is 6.54 Å². The fourth-order valence-electron chi connectivity index (χ4n) is 1.93. The highest BCUT2D eigenvalue weighted by molar-refractivity contribution is 5.74. The molecule has 104 valence electrons. The molecule has 0 aliphatic carbocycles. The Hall–Kier alpha value is -1.30. The molecule has 18 heavy (non-hydrogen) atoms. The summed E-state index contributed by atoms with van der Waals surface area (Å²) in [6.07, 6.45) is 0.822. The van der Waals surface area contributed by atoms with Crippen LogP contribution in [0.4, 0.5) is 4.79 Å². The topological polar surface area (TPSA) is 72.9 Å². The zero-order valence-electron chi connectivity index (χ0n) is 11.2. The SMILES string of the molecule is CC(C)CNC(=O)N1CCCN(CC(=O)O)CC1. The third-order valence-corrected chi connectivity index (χ3v) is 2.90. The number of carbonyl (C=O) groups excluding carboxylic acids is 1. The van der Waals surface area contributed by atoms with Gasteiger partial charge in [-0.05, 0) is 12.3 Å². The zero-order valence-corrected chi connectivity index (χ0v) is 11.2. The van der Waals surface area contributed by atoms with Gasteiger partial charge in [0.2, 0.25) is 0 Å². The van der Waals surface area contributed by atoms with Crippen molar-refractivity contribution in [2.75, 3.05) is 39.3 Å². The van der Waals surface area contributed by atoms with E-state index in [0.717, 1.165) is 13.0 Å². The van der Waals surface area contributed by atoms with Gasteiger partial charge in [-0.3, -0.25) is 9.69 Å². The van der Waals surface area contributed by atoms with Crippen LogP contribution in [0, 0.1) is 5.92 Å². The minimum absolute atomic E-state index is 0.0409. The molecule has 0 atom stereocenters. The van der Waals surface area contributed by atoms with Crippen LogP contribution in [0.1, 0.15) is 20.3 Å². The normalized spacial score (nSPS) is 17.6. The molecule has 0 bridgehead atoms. The number of carboxylic acid groups (broad SMARTS) is 1. The Labute approximate surface area is 108 Å². The molecule has 0 saturated carbocycles. The highest BCUT2D eigenvalue weighted by Gasteiger charge is 2.19. The lowest BCUT2D eigenvalue weighted by atomic mass is 10.2. The van der Waals surface area contributed by atoms with E-state index in [0.29, 0.717) is 32.1 Å². The van der Waals surface area contributed by atoms with Crippen LogP contribution in [0.25, 0.3) is 0 Å². The average Bonchev–Trinajstić information content (AvgIpc) is 2.50. The van der Waals surface area contributed by atoms with Crippen molar-refractivity contribution in [1.29, 1.82) is 0 Å². The number of nitrogens with one attached hydrogen (secondary N) is 1. The van der Waals surface area contributed by atoms with Crippen LogP contribution in [-0.2, 0) is 4.79 Å². The quantitative estimate of drug-likeness (QED) is 0.766. The van der Waals surface area contributed by atoms with E-state index >= 15 is 0 Å². The van der Waals surface area contributed by atoms with Crippen molar-refractivity contribution in [2.24, 2.45) is 5.92 Å². The number of hydrogen-bond acceptors (Lipinski definition) is 3. The van der Waals surface area contributed by atoms with Gasteiger partial charge in [-0.15, -0.1) is 0 Å². The summed E-state index contributed by atoms with van der Waals surface area (Å²) in [7, 11) is 0. The predicted octanol–water partition coefficient (Wildman–Crippen LogP) is 0.444. The van der Waals surface area contributed by atoms with E-state index in [1.165, 1.54) is 0 Å². The fourth-order valence-corrected chi connectivity index (χ4v) is 1.93. The van der Waals surface area contributed by atoms with E-state index in [9.17, 15) is 9.59 Å². The van der Waals surface area contributed by atoms with Crippen LogP contribution in [0.2, 0.25) is 0 Å². The van der Waals surface area contributed by atoms with Crippen LogP contribution in [0.5, 0.6) is 0 Å². The van der Waals surface area contributed by atoms with Gasteiger partial charge in [-0.1, -0.05) is 13.8 Å². The minimum Gasteiger partial charge on any atom is -0.480 e. The van der Waals surface area contributed by atoms with Crippen LogP contribution >= 0.6 is 0 Å². The van der Waals surface area contributed by atoms with E-state index in [2.05, 4.69) is 19.2 Å². The lowest BCUT2D eigenvalue weighted by molar-refractivity contribution is -0.138. The molecule has 0 aromatic carbocycles. The number of hydrogen-bond donors (Lipinski definition) is 2. The molecule has 2 N–H and O–H groups in total. The molecule has 0 aromatic rings. The van der Waals surface area contributed by atoms with Crippen molar-refractivity contribution in [3.05, 3.63) is 0 Å². The average molecular weight is 257 g/mol. The first-order chi connectivity index (χ1) is 8.49. The first-order valence-electron chi connectivity index (χ1n) is 6.46. The first kappa shape index (κ1) is 14.8. The summed E-state index contributed by atoms with van der Waals surface area (Å²) in [5, 5.41) is 11.6. The summed E-state index contributed by atoms with van der Waals surface area (Å²) in [5.41, 5.74) is 0. The van der Waals surface area contributed by atoms with Crippen LogP contribution < -0.4 is 5.32 Å². The number of rotatable bonds is 4. The van der Waals surface area contributed by atoms with E-state index in [4.69, 9.17) is 5.11 Å². The van der Waals surface area contributed by atoms with Gasteiger partial charge in [-0.25, -0.2) is 4.79 Å². The van der Waals surface area contributed by atoms with E-state index in [1.807, 2.05) is 4.90 Å². The van der Waals surface area contributed by atoms with Crippen molar-refractivity contribution < 1.29 is 14.7 Å². The molecule has 6 nitrogen and oxygen atoms in total. The summed E-state index contributed by atoms with van der Waals surface area (Å²) in [6.45, 7) is 7.49. The second-order valence-corrected chi connectivity index (χ2v) is 5.09. The Morgan fingerprint density at radius 2 is 1.94 bits per heavy atom. The van der Waals surface area contributed by atoms with Crippen molar-refractivity contribution >= 4 is 12.0 Å². The standard InChI is InChI=1S/C12H23N3O3/c1-10(2)8-13-12(18)15-5-3-4-14(6-7-15)9-11(16)17/h10H,3-9H2,1-2H3,(H,13,18)(H,16,17). The third-order valence-electron chi connectivity index (χ3n) is 2.90. The second kappa shape index (κ2) is 7.20. The van der Waals surface area contributed by atoms with Gasteiger partial charge in [0.25, 0.3) is 0 Å². The number of carbonyl (C=O) groups is 2. The van der Waals surface area contributed by atoms with E-state index < -0.39 is 5.97 Å². The van der Waals surface area contributed by atoms with E-state index in [-0.39, 0.29) is 12.6 Å². The zero-order chi connectivity index (χ0) is 13.5. The molecule has 1 rings (SSSR count). The monoisotopic (exact) mass is 257 g/mol. The second-order valence-electron chi connectivity index (χ2n) is 5.09. The minimum atomic E-state index is -0.812. The summed E-state index contributed by atoms with van der Waals surface area (Å²) < 4.78 is 0. The molecular weight excluding hydrogens is 234 g/mol. The van der Waals surface area contributed by atoms with Crippen molar-refractivity contribution in [2.45, 2.75) is 20.3 Å². The molecular formula is C12H23N3O3. The van der Waals surface area contributed by atoms with Gasteiger partial charge in [0, 0.05) is 32.7 Å². The number of carboxylic acids is 1. The molecule has 0 spiro atoms. The number of nitrogens with zero attached hydrogens (tertiary/aromatic N) is 2. The Balaban J connectivity index is 2.36. The molecule has 0 unspecified atom stereocenters. The molecule has 6 heteroatoms. The Morgan fingerprint density at radius 3 is 2.56 bits per heavy atom. The molecule has 0 aromatic heterocycles. The van der Waals surface area contributed by atoms with Gasteiger partial charge in [-0.2, -0.15) is 0 Å². The summed E-state index contributed by atoms with van der Waals surface area (Å²) >= 11 is 0. The summed E-state index contributed by atoms with van der Waals surface area (Å²) in [4.78, 5) is 26.1. The highest BCUT2D eigenvalue weighted by atomic mass is 16.4. The smallest absolute Gasteiger partial charge is 0.317 e. The third kappa shape index (κ3) is 5.35. The van der Waals surface area contributed by atoms with Crippen LogP contribution in [-0.4, -0.2) is 66.2 Å². The molecule has 1 heterocycles. The highest BCUT2D eigenvalue weighted by Crippen LogP contribution is 2.03. The maximum Gasteiger partial charge on any atom is 0.317 e. The van der Waals surface area contributed by atoms with Gasteiger partial charge < -0.3 is 15.3 Å². The molecule has 1 aliphatic heterocycles. The Bertz CT molecular complexity index is 294. The Kier molecular flexibility index (Phi) is 5.91. The Morgan fingerprint density at radius 1 is 1.22 bits per heavy atom. The van der Waals surface area contributed by atoms with Crippen molar-refractivity contribution in [1.82, 2.24) is 15.1 Å². The maximum absolute atomic E-state index is 11.9. The molecule has 1 saturated heterocycles. The van der Waals surface area contributed by atoms with Crippen molar-refractivity contribution in [3.8, 4) is 0 Å². The lowest BCUT2D eigenvalue weighted by Crippen LogP contribution is -2.43. The number of urea groups is 1. The maximum atomic E-state index is 11.9. The largest absolute Gasteiger partial charge is 0.480 e. The molecule has 2 amide bonds. The summed E-state index contributed by atoms with van der Waals surface area (Å²) in [6, 6.07) is -0.0409. The molecule has 1 fully saturated rings. The first-order valence-corrected chi connectivity index (χ1v) is 6.46. The molecule has 0 radical (unpaired) electrons. The van der Waals surface area contributed by atoms with Gasteiger partial charge >= 0.3 is 12.0 Å². The fraction of sp³-hybridized carbons (Fsp3) is 0.833. The van der Waals surface area contributed by atoms with Gasteiger partial charge in [0.15, 0.2) is 0 Å². The number of aliphatic carboxylic acids is 1. The lowest BCUT2D eigenvalue weighted by Gasteiger charge is -2.22. The van der Waals surface area contributed by atoms with Gasteiger partial charge in [0.1, 0.15) is 0 Å². The van der Waals surface area contributed by atoms with Crippen molar-refractivity contribution in [3.63, 3.8) is 0 Å².